The number of amides is 1. The Kier molecular flexibility index (Phi) is 5.75. The van der Waals surface area contributed by atoms with E-state index in [4.69, 9.17) is 0 Å². The van der Waals surface area contributed by atoms with Gasteiger partial charge < -0.3 is 4.90 Å². The van der Waals surface area contributed by atoms with Crippen molar-refractivity contribution in [3.8, 4) is 0 Å². The fraction of sp³-hybridized carbons (Fsp3) is 0.462. The van der Waals surface area contributed by atoms with Crippen LogP contribution in [0.5, 0.6) is 0 Å². The first-order valence-electron chi connectivity index (χ1n) is 5.80. The molecule has 0 unspecified atom stereocenters. The molecule has 0 spiro atoms. The van der Waals surface area contributed by atoms with Gasteiger partial charge in [0, 0.05) is 25.1 Å². The van der Waals surface area contributed by atoms with Gasteiger partial charge in [0.1, 0.15) is 5.82 Å². The van der Waals surface area contributed by atoms with E-state index in [1.165, 1.54) is 12.1 Å². The summed E-state index contributed by atoms with van der Waals surface area (Å²) in [5, 5.41) is 0. The van der Waals surface area contributed by atoms with Gasteiger partial charge in [-0.3, -0.25) is 9.69 Å². The highest BCUT2D eigenvalue weighted by molar-refractivity contribution is 9.10. The lowest BCUT2D eigenvalue weighted by atomic mass is 10.2. The molecule has 0 aromatic heterocycles. The quantitative estimate of drug-likeness (QED) is 0.833. The molecule has 3 nitrogen and oxygen atoms in total. The molecular weight excluding hydrogens is 299 g/mol. The predicted octanol–water partition coefficient (Wildman–Crippen LogP) is 2.50. The summed E-state index contributed by atoms with van der Waals surface area (Å²) in [6, 6.07) is 4.78. The lowest BCUT2D eigenvalue weighted by Crippen LogP contribution is -2.36. The summed E-state index contributed by atoms with van der Waals surface area (Å²) < 4.78 is 14.0. The van der Waals surface area contributed by atoms with E-state index in [9.17, 15) is 9.18 Å². The van der Waals surface area contributed by atoms with Crippen molar-refractivity contribution in [2.24, 2.45) is 0 Å². The van der Waals surface area contributed by atoms with E-state index in [1.54, 1.807) is 19.0 Å². The molecule has 18 heavy (non-hydrogen) atoms. The van der Waals surface area contributed by atoms with Gasteiger partial charge in [0.25, 0.3) is 0 Å². The van der Waals surface area contributed by atoms with Crippen molar-refractivity contribution in [1.82, 2.24) is 9.80 Å². The Morgan fingerprint density at radius 1 is 1.33 bits per heavy atom. The normalized spacial score (nSPS) is 10.8. The average Bonchev–Trinajstić information content (AvgIpc) is 2.26. The van der Waals surface area contributed by atoms with Crippen LogP contribution in [0.4, 0.5) is 4.39 Å². The van der Waals surface area contributed by atoms with Gasteiger partial charge in [-0.25, -0.2) is 4.39 Å². The molecule has 0 N–H and O–H groups in total. The second kappa shape index (κ2) is 6.85. The number of likely N-dealkylation sites (N-methyl/N-ethyl adjacent to an activating group) is 2. The van der Waals surface area contributed by atoms with Crippen LogP contribution in [0.3, 0.4) is 0 Å². The van der Waals surface area contributed by atoms with Crippen molar-refractivity contribution in [2.45, 2.75) is 13.5 Å². The summed E-state index contributed by atoms with van der Waals surface area (Å²) in [5.74, 6) is -0.221. The first-order valence-corrected chi connectivity index (χ1v) is 6.59. The van der Waals surface area contributed by atoms with Crippen molar-refractivity contribution in [3.63, 3.8) is 0 Å². The molecule has 0 radical (unpaired) electrons. The SMILES string of the molecule is CCN(CC(=O)N(C)C)Cc1cc(F)cc(Br)c1. The van der Waals surface area contributed by atoms with Gasteiger partial charge in [0.2, 0.25) is 5.91 Å². The summed E-state index contributed by atoms with van der Waals surface area (Å²) in [6.07, 6.45) is 0. The van der Waals surface area contributed by atoms with Crippen LogP contribution in [0.1, 0.15) is 12.5 Å². The van der Waals surface area contributed by atoms with Gasteiger partial charge in [0.05, 0.1) is 6.54 Å². The molecule has 0 aliphatic heterocycles. The van der Waals surface area contributed by atoms with Crippen LogP contribution >= 0.6 is 15.9 Å². The van der Waals surface area contributed by atoms with Gasteiger partial charge in [-0.1, -0.05) is 22.9 Å². The lowest BCUT2D eigenvalue weighted by Gasteiger charge is -2.22. The van der Waals surface area contributed by atoms with E-state index >= 15 is 0 Å². The first-order chi connectivity index (χ1) is 8.42. The van der Waals surface area contributed by atoms with Gasteiger partial charge in [0.15, 0.2) is 0 Å². The molecule has 0 heterocycles. The third-order valence-corrected chi connectivity index (χ3v) is 3.09. The number of carbonyl (C=O) groups is 1. The molecule has 1 aromatic rings. The zero-order chi connectivity index (χ0) is 13.7. The zero-order valence-corrected chi connectivity index (χ0v) is 12.5. The minimum Gasteiger partial charge on any atom is -0.348 e. The zero-order valence-electron chi connectivity index (χ0n) is 10.9. The first kappa shape index (κ1) is 15.1. The van der Waals surface area contributed by atoms with Gasteiger partial charge in [-0.05, 0) is 30.3 Å². The summed E-state index contributed by atoms with van der Waals surface area (Å²) in [5.41, 5.74) is 0.857. The largest absolute Gasteiger partial charge is 0.348 e. The monoisotopic (exact) mass is 316 g/mol. The molecule has 1 amide bonds. The highest BCUT2D eigenvalue weighted by Crippen LogP contribution is 2.16. The van der Waals surface area contributed by atoms with Crippen LogP contribution in [0.15, 0.2) is 22.7 Å². The molecule has 5 heteroatoms. The maximum atomic E-state index is 13.2. The standard InChI is InChI=1S/C13H18BrFN2O/c1-4-17(9-13(18)16(2)3)8-10-5-11(14)7-12(15)6-10/h5-7H,4,8-9H2,1-3H3. The minimum atomic E-state index is -0.269. The molecular formula is C13H18BrFN2O. The fourth-order valence-corrected chi connectivity index (χ4v) is 2.09. The van der Waals surface area contributed by atoms with Gasteiger partial charge >= 0.3 is 0 Å². The Balaban J connectivity index is 2.70. The number of carbonyl (C=O) groups excluding carboxylic acids is 1. The summed E-state index contributed by atoms with van der Waals surface area (Å²) in [6.45, 7) is 3.63. The summed E-state index contributed by atoms with van der Waals surface area (Å²) >= 11 is 3.27. The highest BCUT2D eigenvalue weighted by Gasteiger charge is 2.11. The molecule has 0 saturated carbocycles. The van der Waals surface area contributed by atoms with Crippen molar-refractivity contribution in [1.29, 1.82) is 0 Å². The molecule has 0 saturated heterocycles. The van der Waals surface area contributed by atoms with Gasteiger partial charge in [-0.15, -0.1) is 0 Å². The van der Waals surface area contributed by atoms with E-state index < -0.39 is 0 Å². The second-order valence-electron chi connectivity index (χ2n) is 4.37. The van der Waals surface area contributed by atoms with Crippen LogP contribution in [-0.4, -0.2) is 42.9 Å². The third kappa shape index (κ3) is 4.74. The van der Waals surface area contributed by atoms with Crippen molar-refractivity contribution in [3.05, 3.63) is 34.1 Å². The van der Waals surface area contributed by atoms with Crippen LogP contribution in [0, 0.1) is 5.82 Å². The van der Waals surface area contributed by atoms with Gasteiger partial charge in [-0.2, -0.15) is 0 Å². The lowest BCUT2D eigenvalue weighted by molar-refractivity contribution is -0.130. The predicted molar refractivity (Wildman–Crippen MR) is 73.7 cm³/mol. The van der Waals surface area contributed by atoms with E-state index in [2.05, 4.69) is 15.9 Å². The number of nitrogens with zero attached hydrogens (tertiary/aromatic N) is 2. The average molecular weight is 317 g/mol. The Morgan fingerprint density at radius 2 is 2.00 bits per heavy atom. The van der Waals surface area contributed by atoms with E-state index in [0.717, 1.165) is 12.1 Å². The van der Waals surface area contributed by atoms with Crippen LogP contribution in [0.25, 0.3) is 0 Å². The second-order valence-corrected chi connectivity index (χ2v) is 5.28. The van der Waals surface area contributed by atoms with Crippen molar-refractivity contribution in [2.75, 3.05) is 27.2 Å². The number of hydrogen-bond donors (Lipinski definition) is 0. The molecule has 100 valence electrons. The van der Waals surface area contributed by atoms with E-state index in [-0.39, 0.29) is 11.7 Å². The van der Waals surface area contributed by atoms with E-state index in [0.29, 0.717) is 17.6 Å². The summed E-state index contributed by atoms with van der Waals surface area (Å²) in [4.78, 5) is 15.2. The molecule has 1 rings (SSSR count). The minimum absolute atomic E-state index is 0.0484. The molecule has 0 fully saturated rings. The summed E-state index contributed by atoms with van der Waals surface area (Å²) in [7, 11) is 3.46. The van der Waals surface area contributed by atoms with Crippen molar-refractivity contribution < 1.29 is 9.18 Å². The molecule has 0 aliphatic rings. The molecule has 1 aromatic carbocycles. The number of rotatable bonds is 5. The highest BCUT2D eigenvalue weighted by atomic mass is 79.9. The van der Waals surface area contributed by atoms with Crippen molar-refractivity contribution >= 4 is 21.8 Å². The maximum Gasteiger partial charge on any atom is 0.236 e. The van der Waals surface area contributed by atoms with E-state index in [1.807, 2.05) is 17.9 Å². The Hall–Kier alpha value is -0.940. The molecule has 0 atom stereocenters. The van der Waals surface area contributed by atoms with Crippen LogP contribution in [-0.2, 0) is 11.3 Å². The van der Waals surface area contributed by atoms with Crippen LogP contribution < -0.4 is 0 Å². The Bertz CT molecular complexity index is 403. The third-order valence-electron chi connectivity index (χ3n) is 2.63. The van der Waals surface area contributed by atoms with Crippen LogP contribution in [0.2, 0.25) is 0 Å². The molecule has 0 aliphatic carbocycles. The number of halogens is 2. The topological polar surface area (TPSA) is 23.6 Å². The number of benzene rings is 1. The smallest absolute Gasteiger partial charge is 0.236 e. The maximum absolute atomic E-state index is 13.2. The Labute approximate surface area is 116 Å². The number of hydrogen-bond acceptors (Lipinski definition) is 2. The molecule has 0 bridgehead atoms. The Morgan fingerprint density at radius 3 is 2.50 bits per heavy atom. The fourth-order valence-electron chi connectivity index (χ4n) is 1.57.